The van der Waals surface area contributed by atoms with Gasteiger partial charge in [0.2, 0.25) is 6.29 Å². The van der Waals surface area contributed by atoms with E-state index in [9.17, 15) is 0 Å². The Hall–Kier alpha value is -1.18. The molecule has 0 radical (unpaired) electrons. The molecule has 1 aromatic carbocycles. The molecule has 1 unspecified atom stereocenters. The first kappa shape index (κ1) is 11.3. The van der Waals surface area contributed by atoms with Crippen molar-refractivity contribution in [2.45, 2.75) is 46.3 Å². The van der Waals surface area contributed by atoms with Crippen LogP contribution in [0.5, 0.6) is 11.5 Å². The molecule has 16 heavy (non-hydrogen) atoms. The molecule has 0 spiro atoms. The largest absolute Gasteiger partial charge is 0.451 e. The summed E-state index contributed by atoms with van der Waals surface area (Å²) in [5.74, 6) is 2.17. The van der Waals surface area contributed by atoms with Gasteiger partial charge in [-0.05, 0) is 11.5 Å². The van der Waals surface area contributed by atoms with Crippen molar-refractivity contribution in [1.29, 1.82) is 0 Å². The monoisotopic (exact) mass is 220 g/mol. The molecule has 1 atom stereocenters. The van der Waals surface area contributed by atoms with E-state index in [-0.39, 0.29) is 11.7 Å². The Labute approximate surface area is 97.6 Å². The molecule has 1 heterocycles. The Kier molecular flexibility index (Phi) is 2.61. The lowest BCUT2D eigenvalue weighted by atomic mass is 9.86. The smallest absolute Gasteiger partial charge is 0.243 e. The summed E-state index contributed by atoms with van der Waals surface area (Å²) in [4.78, 5) is 0. The van der Waals surface area contributed by atoms with Crippen LogP contribution in [0.1, 0.15) is 40.2 Å². The molecule has 0 amide bonds. The summed E-state index contributed by atoms with van der Waals surface area (Å²) in [5, 5.41) is 0. The third kappa shape index (κ3) is 1.89. The first-order valence-corrected chi connectivity index (χ1v) is 5.86. The second kappa shape index (κ2) is 3.69. The highest BCUT2D eigenvalue weighted by Gasteiger charge is 2.31. The van der Waals surface area contributed by atoms with Gasteiger partial charge >= 0.3 is 0 Å². The van der Waals surface area contributed by atoms with Crippen LogP contribution in [-0.2, 0) is 5.41 Å². The molecule has 0 bridgehead atoms. The second-order valence-corrected chi connectivity index (χ2v) is 5.73. The zero-order valence-electron chi connectivity index (χ0n) is 10.7. The fourth-order valence-electron chi connectivity index (χ4n) is 1.86. The van der Waals surface area contributed by atoms with Gasteiger partial charge < -0.3 is 9.47 Å². The first-order chi connectivity index (χ1) is 7.39. The highest BCUT2D eigenvalue weighted by Crippen LogP contribution is 2.43. The molecule has 2 rings (SSSR count). The summed E-state index contributed by atoms with van der Waals surface area (Å²) >= 11 is 0. The quantitative estimate of drug-likeness (QED) is 0.717. The second-order valence-electron chi connectivity index (χ2n) is 5.73. The standard InChI is InChI=1S/C14H20O2/c1-9(2)13-15-11-8-6-7-10(12(11)16-13)14(3,4)5/h6-9,13H,1-5H3. The van der Waals surface area contributed by atoms with Gasteiger partial charge in [0.15, 0.2) is 11.5 Å². The van der Waals surface area contributed by atoms with Gasteiger partial charge in [-0.1, -0.05) is 46.8 Å². The lowest BCUT2D eigenvalue weighted by molar-refractivity contribution is 0.00843. The summed E-state index contributed by atoms with van der Waals surface area (Å²) in [6.45, 7) is 10.8. The zero-order chi connectivity index (χ0) is 11.9. The van der Waals surface area contributed by atoms with Gasteiger partial charge in [0.1, 0.15) is 0 Å². The van der Waals surface area contributed by atoms with E-state index in [2.05, 4.69) is 40.7 Å². The van der Waals surface area contributed by atoms with Gasteiger partial charge in [-0.3, -0.25) is 0 Å². The number of ether oxygens (including phenoxy) is 2. The maximum absolute atomic E-state index is 5.90. The van der Waals surface area contributed by atoms with E-state index in [0.29, 0.717) is 5.92 Å². The SMILES string of the molecule is CC(C)C1Oc2cccc(C(C)(C)C)c2O1. The van der Waals surface area contributed by atoms with Crippen molar-refractivity contribution in [2.75, 3.05) is 0 Å². The van der Waals surface area contributed by atoms with Crippen molar-refractivity contribution in [2.24, 2.45) is 5.92 Å². The summed E-state index contributed by atoms with van der Waals surface area (Å²) in [7, 11) is 0. The van der Waals surface area contributed by atoms with Crippen LogP contribution in [0.2, 0.25) is 0 Å². The molecule has 1 aromatic rings. The third-order valence-electron chi connectivity index (χ3n) is 2.81. The van der Waals surface area contributed by atoms with Crippen molar-refractivity contribution in [3.05, 3.63) is 23.8 Å². The van der Waals surface area contributed by atoms with E-state index >= 15 is 0 Å². The normalized spacial score (nSPS) is 19.2. The molecule has 1 aliphatic rings. The molecule has 0 N–H and O–H groups in total. The Balaban J connectivity index is 2.39. The zero-order valence-corrected chi connectivity index (χ0v) is 10.7. The van der Waals surface area contributed by atoms with Crippen molar-refractivity contribution < 1.29 is 9.47 Å². The molecule has 0 saturated carbocycles. The molecule has 0 aliphatic carbocycles. The molecule has 0 aromatic heterocycles. The van der Waals surface area contributed by atoms with E-state index in [4.69, 9.17) is 9.47 Å². The Bertz CT molecular complexity index is 388. The van der Waals surface area contributed by atoms with E-state index in [0.717, 1.165) is 11.5 Å². The molecule has 2 nitrogen and oxygen atoms in total. The van der Waals surface area contributed by atoms with Crippen molar-refractivity contribution in [1.82, 2.24) is 0 Å². The minimum atomic E-state index is -0.140. The highest BCUT2D eigenvalue weighted by molar-refractivity contribution is 5.51. The van der Waals surface area contributed by atoms with Gasteiger partial charge in [-0.15, -0.1) is 0 Å². The molecule has 1 aliphatic heterocycles. The number of benzene rings is 1. The molecule has 0 saturated heterocycles. The van der Waals surface area contributed by atoms with Crippen LogP contribution in [0.25, 0.3) is 0 Å². The van der Waals surface area contributed by atoms with Crippen molar-refractivity contribution in [3.63, 3.8) is 0 Å². The summed E-state index contributed by atoms with van der Waals surface area (Å²) in [6, 6.07) is 6.13. The van der Waals surface area contributed by atoms with Crippen LogP contribution < -0.4 is 9.47 Å². The van der Waals surface area contributed by atoms with Gasteiger partial charge in [-0.25, -0.2) is 0 Å². The maximum Gasteiger partial charge on any atom is 0.243 e. The van der Waals surface area contributed by atoms with Crippen LogP contribution in [0.4, 0.5) is 0 Å². The molecule has 0 fully saturated rings. The number of hydrogen-bond acceptors (Lipinski definition) is 2. The molecule has 88 valence electrons. The average Bonchev–Trinajstić information content (AvgIpc) is 2.58. The van der Waals surface area contributed by atoms with Crippen LogP contribution in [0.15, 0.2) is 18.2 Å². The molecular weight excluding hydrogens is 200 g/mol. The predicted octanol–water partition coefficient (Wildman–Crippen LogP) is 3.74. The summed E-state index contributed by atoms with van der Waals surface area (Å²) < 4.78 is 11.7. The van der Waals surface area contributed by atoms with Crippen LogP contribution in [0, 0.1) is 5.92 Å². The minimum absolute atomic E-state index is 0.0839. The Morgan fingerprint density at radius 1 is 1.12 bits per heavy atom. The van der Waals surface area contributed by atoms with E-state index in [1.165, 1.54) is 5.56 Å². The van der Waals surface area contributed by atoms with Gasteiger partial charge in [0.25, 0.3) is 0 Å². The average molecular weight is 220 g/mol. The van der Waals surface area contributed by atoms with Gasteiger partial charge in [0.05, 0.1) is 0 Å². The molecular formula is C14H20O2. The summed E-state index contributed by atoms with van der Waals surface area (Å²) in [6.07, 6.45) is -0.140. The Morgan fingerprint density at radius 3 is 2.38 bits per heavy atom. The Morgan fingerprint density at radius 2 is 1.81 bits per heavy atom. The van der Waals surface area contributed by atoms with E-state index < -0.39 is 0 Å². The summed E-state index contributed by atoms with van der Waals surface area (Å²) in [5.41, 5.74) is 1.30. The highest BCUT2D eigenvalue weighted by atomic mass is 16.7. The fourth-order valence-corrected chi connectivity index (χ4v) is 1.86. The third-order valence-corrected chi connectivity index (χ3v) is 2.81. The lowest BCUT2D eigenvalue weighted by Gasteiger charge is -2.21. The van der Waals surface area contributed by atoms with Crippen LogP contribution in [-0.4, -0.2) is 6.29 Å². The maximum atomic E-state index is 5.90. The number of hydrogen-bond donors (Lipinski definition) is 0. The number of fused-ring (bicyclic) bond motifs is 1. The van der Waals surface area contributed by atoms with Crippen molar-refractivity contribution in [3.8, 4) is 11.5 Å². The number of rotatable bonds is 1. The topological polar surface area (TPSA) is 18.5 Å². The van der Waals surface area contributed by atoms with E-state index in [1.54, 1.807) is 0 Å². The fraction of sp³-hybridized carbons (Fsp3) is 0.571. The van der Waals surface area contributed by atoms with Crippen LogP contribution >= 0.6 is 0 Å². The predicted molar refractivity (Wildman–Crippen MR) is 65.0 cm³/mol. The molecule has 2 heteroatoms. The first-order valence-electron chi connectivity index (χ1n) is 5.86. The number of para-hydroxylation sites is 1. The lowest BCUT2D eigenvalue weighted by Crippen LogP contribution is -2.24. The van der Waals surface area contributed by atoms with Crippen LogP contribution in [0.3, 0.4) is 0 Å². The van der Waals surface area contributed by atoms with Crippen molar-refractivity contribution >= 4 is 0 Å². The minimum Gasteiger partial charge on any atom is -0.451 e. The van der Waals surface area contributed by atoms with Gasteiger partial charge in [-0.2, -0.15) is 0 Å². The van der Waals surface area contributed by atoms with E-state index in [1.807, 2.05) is 12.1 Å². The van der Waals surface area contributed by atoms with Gasteiger partial charge in [0, 0.05) is 11.5 Å².